The first kappa shape index (κ1) is 16.6. The van der Waals surface area contributed by atoms with Gasteiger partial charge in [0.25, 0.3) is 0 Å². The van der Waals surface area contributed by atoms with Gasteiger partial charge in [-0.05, 0) is 37.1 Å². The third-order valence-corrected chi connectivity index (χ3v) is 4.75. The highest BCUT2D eigenvalue weighted by molar-refractivity contribution is 6.30. The quantitative estimate of drug-likeness (QED) is 0.889. The van der Waals surface area contributed by atoms with Crippen molar-refractivity contribution in [2.24, 2.45) is 0 Å². The maximum absolute atomic E-state index is 12.2. The van der Waals surface area contributed by atoms with Crippen LogP contribution in [0.1, 0.15) is 12.8 Å². The van der Waals surface area contributed by atoms with Crippen LogP contribution in [-0.2, 0) is 9.53 Å². The summed E-state index contributed by atoms with van der Waals surface area (Å²) in [7, 11) is 0. The predicted octanol–water partition coefficient (Wildman–Crippen LogP) is 1.76. The molecule has 1 aromatic rings. The minimum absolute atomic E-state index is 0.179. The average Bonchev–Trinajstić information content (AvgIpc) is 3.09. The monoisotopic (exact) mass is 337 g/mol. The van der Waals surface area contributed by atoms with Crippen LogP contribution in [0.4, 0.5) is 5.69 Å². The van der Waals surface area contributed by atoms with Crippen LogP contribution in [-0.4, -0.2) is 62.8 Å². The fraction of sp³-hybridized carbons (Fsp3) is 0.588. The first-order valence-electron chi connectivity index (χ1n) is 8.33. The Kier molecular flexibility index (Phi) is 5.75. The Balaban J connectivity index is 1.39. The van der Waals surface area contributed by atoms with Crippen molar-refractivity contribution in [1.82, 2.24) is 10.2 Å². The third kappa shape index (κ3) is 4.59. The van der Waals surface area contributed by atoms with E-state index in [0.717, 1.165) is 62.9 Å². The normalized spacial score (nSPS) is 21.7. The zero-order valence-electron chi connectivity index (χ0n) is 13.3. The number of piperazine rings is 1. The molecule has 0 bridgehead atoms. The maximum Gasteiger partial charge on any atom is 0.236 e. The van der Waals surface area contributed by atoms with Crippen LogP contribution in [0.25, 0.3) is 0 Å². The van der Waals surface area contributed by atoms with Crippen LogP contribution in [0.3, 0.4) is 0 Å². The Hall–Kier alpha value is -1.30. The number of hydrogen-bond acceptors (Lipinski definition) is 4. The molecule has 2 heterocycles. The Bertz CT molecular complexity index is 509. The van der Waals surface area contributed by atoms with Crippen molar-refractivity contribution in [2.45, 2.75) is 18.9 Å². The van der Waals surface area contributed by atoms with Gasteiger partial charge in [0.1, 0.15) is 0 Å². The molecule has 3 rings (SSSR count). The first-order chi connectivity index (χ1) is 11.2. The van der Waals surface area contributed by atoms with Crippen LogP contribution in [0.15, 0.2) is 24.3 Å². The van der Waals surface area contributed by atoms with E-state index >= 15 is 0 Å². The molecule has 5 nitrogen and oxygen atoms in total. The van der Waals surface area contributed by atoms with Crippen LogP contribution in [0.2, 0.25) is 5.02 Å². The average molecular weight is 338 g/mol. The number of rotatable bonds is 5. The molecule has 1 N–H and O–H groups in total. The van der Waals surface area contributed by atoms with E-state index in [9.17, 15) is 4.79 Å². The summed E-state index contributed by atoms with van der Waals surface area (Å²) >= 11 is 5.92. The predicted molar refractivity (Wildman–Crippen MR) is 92.1 cm³/mol. The molecule has 6 heteroatoms. The van der Waals surface area contributed by atoms with Crippen molar-refractivity contribution in [3.63, 3.8) is 0 Å². The molecular formula is C17H24ClN3O2. The Morgan fingerprint density at radius 3 is 2.61 bits per heavy atom. The summed E-state index contributed by atoms with van der Waals surface area (Å²) < 4.78 is 5.55. The van der Waals surface area contributed by atoms with Gasteiger partial charge in [0.05, 0.1) is 12.6 Å². The SMILES string of the molecule is O=C(CNCC1CCCO1)N1CCN(c2ccc(Cl)cc2)CC1. The minimum Gasteiger partial charge on any atom is -0.377 e. The molecule has 1 unspecified atom stereocenters. The van der Waals surface area contributed by atoms with Crippen molar-refractivity contribution >= 4 is 23.2 Å². The van der Waals surface area contributed by atoms with Crippen molar-refractivity contribution in [1.29, 1.82) is 0 Å². The third-order valence-electron chi connectivity index (χ3n) is 4.50. The number of benzene rings is 1. The molecule has 2 aliphatic rings. The molecule has 2 fully saturated rings. The molecule has 2 saturated heterocycles. The highest BCUT2D eigenvalue weighted by Gasteiger charge is 2.21. The second kappa shape index (κ2) is 7.99. The standard InChI is InChI=1S/C17H24ClN3O2/c18-14-3-5-15(6-4-14)20-7-9-21(10-8-20)17(22)13-19-12-16-2-1-11-23-16/h3-6,16,19H,1-2,7-13H2. The van der Waals surface area contributed by atoms with Crippen molar-refractivity contribution in [2.75, 3.05) is 50.8 Å². The molecule has 2 aliphatic heterocycles. The van der Waals surface area contributed by atoms with Crippen molar-refractivity contribution in [3.8, 4) is 0 Å². The van der Waals surface area contributed by atoms with Crippen LogP contribution < -0.4 is 10.2 Å². The number of carbonyl (C=O) groups excluding carboxylic acids is 1. The van der Waals surface area contributed by atoms with Crippen LogP contribution in [0, 0.1) is 0 Å². The van der Waals surface area contributed by atoms with E-state index in [4.69, 9.17) is 16.3 Å². The lowest BCUT2D eigenvalue weighted by molar-refractivity contribution is -0.130. The summed E-state index contributed by atoms with van der Waals surface area (Å²) in [4.78, 5) is 16.5. The molecule has 0 saturated carbocycles. The topological polar surface area (TPSA) is 44.8 Å². The van der Waals surface area contributed by atoms with Gasteiger partial charge < -0.3 is 19.9 Å². The molecule has 0 spiro atoms. The van der Waals surface area contributed by atoms with Gasteiger partial charge in [0, 0.05) is 50.0 Å². The molecule has 0 aromatic heterocycles. The maximum atomic E-state index is 12.2. The van der Waals surface area contributed by atoms with Gasteiger partial charge in [-0.3, -0.25) is 4.79 Å². The molecular weight excluding hydrogens is 314 g/mol. The summed E-state index contributed by atoms with van der Waals surface area (Å²) in [6, 6.07) is 7.87. The van der Waals surface area contributed by atoms with E-state index in [1.807, 2.05) is 29.2 Å². The number of amides is 1. The smallest absolute Gasteiger partial charge is 0.236 e. The van der Waals surface area contributed by atoms with Gasteiger partial charge in [-0.1, -0.05) is 11.6 Å². The summed E-state index contributed by atoms with van der Waals surface area (Å²) in [5, 5.41) is 3.98. The van der Waals surface area contributed by atoms with Crippen LogP contribution >= 0.6 is 11.6 Å². The first-order valence-corrected chi connectivity index (χ1v) is 8.71. The molecule has 1 aromatic carbocycles. The van der Waals surface area contributed by atoms with E-state index in [2.05, 4.69) is 10.2 Å². The van der Waals surface area contributed by atoms with E-state index in [1.165, 1.54) is 0 Å². The van der Waals surface area contributed by atoms with E-state index < -0.39 is 0 Å². The number of nitrogens with one attached hydrogen (secondary N) is 1. The van der Waals surface area contributed by atoms with E-state index in [1.54, 1.807) is 0 Å². The molecule has 0 radical (unpaired) electrons. The van der Waals surface area contributed by atoms with Gasteiger partial charge in [0.2, 0.25) is 5.91 Å². The number of ether oxygens (including phenoxy) is 1. The summed E-state index contributed by atoms with van der Waals surface area (Å²) in [6.45, 7) is 5.29. The number of anilines is 1. The van der Waals surface area contributed by atoms with Gasteiger partial charge >= 0.3 is 0 Å². The van der Waals surface area contributed by atoms with Crippen molar-refractivity contribution < 1.29 is 9.53 Å². The fourth-order valence-electron chi connectivity index (χ4n) is 3.12. The number of halogens is 1. The van der Waals surface area contributed by atoms with E-state index in [0.29, 0.717) is 6.54 Å². The number of nitrogens with zero attached hydrogens (tertiary/aromatic N) is 2. The Labute approximate surface area is 142 Å². The van der Waals surface area contributed by atoms with Gasteiger partial charge in [0.15, 0.2) is 0 Å². The second-order valence-electron chi connectivity index (χ2n) is 6.11. The summed E-state index contributed by atoms with van der Waals surface area (Å²) in [6.07, 6.45) is 2.51. The Morgan fingerprint density at radius 2 is 1.96 bits per heavy atom. The van der Waals surface area contributed by atoms with Crippen molar-refractivity contribution in [3.05, 3.63) is 29.3 Å². The molecule has 1 amide bonds. The highest BCUT2D eigenvalue weighted by Crippen LogP contribution is 2.19. The number of hydrogen-bond donors (Lipinski definition) is 1. The zero-order valence-corrected chi connectivity index (χ0v) is 14.1. The highest BCUT2D eigenvalue weighted by atomic mass is 35.5. The summed E-state index contributed by atoms with van der Waals surface area (Å²) in [5.74, 6) is 0.179. The summed E-state index contributed by atoms with van der Waals surface area (Å²) in [5.41, 5.74) is 1.16. The molecule has 23 heavy (non-hydrogen) atoms. The molecule has 126 valence electrons. The minimum atomic E-state index is 0.179. The van der Waals surface area contributed by atoms with Gasteiger partial charge in [-0.15, -0.1) is 0 Å². The van der Waals surface area contributed by atoms with Gasteiger partial charge in [-0.25, -0.2) is 0 Å². The largest absolute Gasteiger partial charge is 0.377 e. The van der Waals surface area contributed by atoms with E-state index in [-0.39, 0.29) is 12.0 Å². The lowest BCUT2D eigenvalue weighted by atomic mass is 10.2. The fourth-order valence-corrected chi connectivity index (χ4v) is 3.25. The zero-order chi connectivity index (χ0) is 16.1. The number of carbonyl (C=O) groups is 1. The van der Waals surface area contributed by atoms with Crippen LogP contribution in [0.5, 0.6) is 0 Å². The molecule has 0 aliphatic carbocycles. The van der Waals surface area contributed by atoms with Gasteiger partial charge in [-0.2, -0.15) is 0 Å². The molecule has 1 atom stereocenters. The Morgan fingerprint density at radius 1 is 1.22 bits per heavy atom. The lowest BCUT2D eigenvalue weighted by Gasteiger charge is -2.36. The lowest BCUT2D eigenvalue weighted by Crippen LogP contribution is -2.51. The second-order valence-corrected chi connectivity index (χ2v) is 6.55.